The number of aromatic nitrogens is 1. The van der Waals surface area contributed by atoms with E-state index in [1.165, 1.54) is 27.7 Å². The molecule has 26 heavy (non-hydrogen) atoms. The first-order valence-electron chi connectivity index (χ1n) is 9.58. The number of hydrogen-bond donors (Lipinski definition) is 0. The van der Waals surface area contributed by atoms with E-state index in [1.807, 2.05) is 0 Å². The van der Waals surface area contributed by atoms with E-state index in [4.69, 9.17) is 0 Å². The van der Waals surface area contributed by atoms with Crippen LogP contribution in [0.15, 0.2) is 42.5 Å². The van der Waals surface area contributed by atoms with E-state index in [-0.39, 0.29) is 0 Å². The lowest BCUT2D eigenvalue weighted by Crippen LogP contribution is -2.27. The molecule has 0 atom stereocenters. The number of likely N-dealkylation sites (N-methyl/N-ethyl adjacent to an activating group) is 1. The van der Waals surface area contributed by atoms with E-state index in [2.05, 4.69) is 84.9 Å². The topological polar surface area (TPSA) is 11.4 Å². The molecule has 0 N–H and O–H groups in total. The number of hydrogen-bond acceptors (Lipinski definition) is 2. The van der Waals surface area contributed by atoms with Crippen LogP contribution in [0.25, 0.3) is 10.9 Å². The molecule has 0 saturated carbocycles. The molecule has 136 valence electrons. The second-order valence-corrected chi connectivity index (χ2v) is 7.90. The van der Waals surface area contributed by atoms with Gasteiger partial charge in [-0.05, 0) is 55.8 Å². The van der Waals surface area contributed by atoms with Gasteiger partial charge in [-0.15, -0.1) is 0 Å². The third kappa shape index (κ3) is 3.12. The van der Waals surface area contributed by atoms with Crippen molar-refractivity contribution in [3.05, 3.63) is 64.8 Å². The Balaban J connectivity index is 1.66. The SMILES string of the molecule is Cc1ccc2c(c1)c1c(n2CCc2ccc(N(C)C)cc2)CCN(C)C1. The molecule has 1 aliphatic rings. The summed E-state index contributed by atoms with van der Waals surface area (Å²) in [6, 6.07) is 15.9. The molecule has 0 bridgehead atoms. The van der Waals surface area contributed by atoms with Gasteiger partial charge in [0.2, 0.25) is 0 Å². The Labute approximate surface area is 156 Å². The molecule has 0 spiro atoms. The average Bonchev–Trinajstić information content (AvgIpc) is 2.92. The highest BCUT2D eigenvalue weighted by molar-refractivity contribution is 5.86. The fraction of sp³-hybridized carbons (Fsp3) is 0.391. The molecule has 0 unspecified atom stereocenters. The van der Waals surface area contributed by atoms with Crippen molar-refractivity contribution in [2.45, 2.75) is 32.9 Å². The second-order valence-electron chi connectivity index (χ2n) is 7.90. The molecule has 3 heteroatoms. The van der Waals surface area contributed by atoms with Crippen LogP contribution in [0.1, 0.15) is 22.4 Å². The molecule has 0 saturated heterocycles. The maximum atomic E-state index is 2.58. The van der Waals surface area contributed by atoms with E-state index in [0.29, 0.717) is 0 Å². The first kappa shape index (κ1) is 17.2. The molecule has 1 aromatic heterocycles. The lowest BCUT2D eigenvalue weighted by molar-refractivity contribution is 0.309. The monoisotopic (exact) mass is 347 g/mol. The molecule has 0 aliphatic carbocycles. The molecule has 0 amide bonds. The van der Waals surface area contributed by atoms with E-state index >= 15 is 0 Å². The van der Waals surface area contributed by atoms with Crippen LogP contribution in [0, 0.1) is 6.92 Å². The van der Waals surface area contributed by atoms with Gasteiger partial charge in [0.1, 0.15) is 0 Å². The Kier molecular flexibility index (Phi) is 4.49. The lowest BCUT2D eigenvalue weighted by atomic mass is 10.0. The highest BCUT2D eigenvalue weighted by Gasteiger charge is 2.22. The summed E-state index contributed by atoms with van der Waals surface area (Å²) >= 11 is 0. The standard InChI is InChI=1S/C23H29N3/c1-17-5-10-22-20(15-17)21-16-25(4)13-12-23(21)26(22)14-11-18-6-8-19(9-7-18)24(2)3/h5-10,15H,11-14,16H2,1-4H3. The summed E-state index contributed by atoms with van der Waals surface area (Å²) in [6.07, 6.45) is 2.23. The maximum Gasteiger partial charge on any atom is 0.0486 e. The van der Waals surface area contributed by atoms with Gasteiger partial charge in [0.15, 0.2) is 0 Å². The summed E-state index contributed by atoms with van der Waals surface area (Å²) < 4.78 is 2.58. The first-order valence-corrected chi connectivity index (χ1v) is 9.58. The summed E-state index contributed by atoms with van der Waals surface area (Å²) in [6.45, 7) is 5.47. The molecule has 1 aliphatic heterocycles. The fourth-order valence-electron chi connectivity index (χ4n) is 4.16. The third-order valence-electron chi connectivity index (χ3n) is 5.68. The quantitative estimate of drug-likeness (QED) is 0.699. The van der Waals surface area contributed by atoms with E-state index in [1.54, 1.807) is 11.3 Å². The summed E-state index contributed by atoms with van der Waals surface area (Å²) in [5.74, 6) is 0. The Bertz CT molecular complexity index is 919. The molecule has 2 aromatic carbocycles. The molecule has 4 rings (SSSR count). The van der Waals surface area contributed by atoms with Crippen LogP contribution >= 0.6 is 0 Å². The summed E-state index contributed by atoms with van der Waals surface area (Å²) in [5.41, 5.74) is 8.52. The predicted octanol–water partition coefficient (Wildman–Crippen LogP) is 4.25. The predicted molar refractivity (Wildman–Crippen MR) is 111 cm³/mol. The van der Waals surface area contributed by atoms with Crippen LogP contribution in [0.4, 0.5) is 5.69 Å². The van der Waals surface area contributed by atoms with E-state index in [0.717, 1.165) is 32.5 Å². The number of rotatable bonds is 4. The largest absolute Gasteiger partial charge is 0.378 e. The Hall–Kier alpha value is -2.26. The van der Waals surface area contributed by atoms with Crippen molar-refractivity contribution in [2.75, 3.05) is 32.6 Å². The van der Waals surface area contributed by atoms with Crippen LogP contribution in [-0.4, -0.2) is 37.2 Å². The molecule has 3 nitrogen and oxygen atoms in total. The van der Waals surface area contributed by atoms with Crippen molar-refractivity contribution in [3.63, 3.8) is 0 Å². The summed E-state index contributed by atoms with van der Waals surface area (Å²) in [4.78, 5) is 4.59. The zero-order chi connectivity index (χ0) is 18.3. The van der Waals surface area contributed by atoms with E-state index in [9.17, 15) is 0 Å². The minimum absolute atomic E-state index is 1.06. The van der Waals surface area contributed by atoms with Crippen LogP contribution in [0.2, 0.25) is 0 Å². The van der Waals surface area contributed by atoms with Crippen LogP contribution in [0.3, 0.4) is 0 Å². The number of nitrogens with zero attached hydrogens (tertiary/aromatic N) is 3. The Morgan fingerprint density at radius 1 is 1.04 bits per heavy atom. The number of fused-ring (bicyclic) bond motifs is 3. The molecule has 0 radical (unpaired) electrons. The molecule has 2 heterocycles. The van der Waals surface area contributed by atoms with Crippen LogP contribution < -0.4 is 4.90 Å². The molecule has 3 aromatic rings. The van der Waals surface area contributed by atoms with Gasteiger partial charge in [-0.25, -0.2) is 0 Å². The van der Waals surface area contributed by atoms with Crippen molar-refractivity contribution in [1.29, 1.82) is 0 Å². The van der Waals surface area contributed by atoms with Gasteiger partial charge in [0, 0.05) is 62.4 Å². The highest BCUT2D eigenvalue weighted by atomic mass is 15.1. The second kappa shape index (κ2) is 6.81. The third-order valence-corrected chi connectivity index (χ3v) is 5.68. The molecular weight excluding hydrogens is 318 g/mol. The van der Waals surface area contributed by atoms with Gasteiger partial charge < -0.3 is 14.4 Å². The van der Waals surface area contributed by atoms with Crippen molar-refractivity contribution < 1.29 is 0 Å². The average molecular weight is 348 g/mol. The fourth-order valence-corrected chi connectivity index (χ4v) is 4.16. The minimum Gasteiger partial charge on any atom is -0.378 e. The van der Waals surface area contributed by atoms with Crippen molar-refractivity contribution in [3.8, 4) is 0 Å². The highest BCUT2D eigenvalue weighted by Crippen LogP contribution is 2.31. The van der Waals surface area contributed by atoms with Gasteiger partial charge >= 0.3 is 0 Å². The smallest absolute Gasteiger partial charge is 0.0486 e. The van der Waals surface area contributed by atoms with Crippen LogP contribution in [-0.2, 0) is 25.9 Å². The number of benzene rings is 2. The lowest BCUT2D eigenvalue weighted by Gasteiger charge is -2.24. The van der Waals surface area contributed by atoms with Gasteiger partial charge in [-0.2, -0.15) is 0 Å². The minimum atomic E-state index is 1.06. The normalized spacial score (nSPS) is 14.6. The van der Waals surface area contributed by atoms with Crippen molar-refractivity contribution in [1.82, 2.24) is 9.47 Å². The zero-order valence-electron chi connectivity index (χ0n) is 16.4. The van der Waals surface area contributed by atoms with Crippen molar-refractivity contribution >= 4 is 16.6 Å². The zero-order valence-corrected chi connectivity index (χ0v) is 16.4. The van der Waals surface area contributed by atoms with Gasteiger partial charge in [0.25, 0.3) is 0 Å². The Morgan fingerprint density at radius 3 is 2.54 bits per heavy atom. The van der Waals surface area contributed by atoms with Gasteiger partial charge in [-0.3, -0.25) is 0 Å². The maximum absolute atomic E-state index is 2.58. The first-order chi connectivity index (χ1) is 12.5. The summed E-state index contributed by atoms with van der Waals surface area (Å²) in [5, 5.41) is 1.45. The molecular formula is C23H29N3. The number of aryl methyl sites for hydroxylation is 3. The van der Waals surface area contributed by atoms with Crippen LogP contribution in [0.5, 0.6) is 0 Å². The van der Waals surface area contributed by atoms with Crippen molar-refractivity contribution in [2.24, 2.45) is 0 Å². The van der Waals surface area contributed by atoms with Gasteiger partial charge in [-0.1, -0.05) is 23.8 Å². The van der Waals surface area contributed by atoms with Gasteiger partial charge in [0.05, 0.1) is 0 Å². The number of anilines is 1. The molecule has 0 fully saturated rings. The van der Waals surface area contributed by atoms with E-state index < -0.39 is 0 Å². The summed E-state index contributed by atoms with van der Waals surface area (Å²) in [7, 11) is 6.41. The Morgan fingerprint density at radius 2 is 1.81 bits per heavy atom.